The third kappa shape index (κ3) is 2.12. The minimum Gasteiger partial charge on any atom is -0.367 e. The van der Waals surface area contributed by atoms with Gasteiger partial charge < -0.3 is 10.6 Å². The number of pyridine rings is 1. The predicted molar refractivity (Wildman–Crippen MR) is 60.9 cm³/mol. The predicted octanol–water partition coefficient (Wildman–Crippen LogP) is 2.08. The van der Waals surface area contributed by atoms with Crippen LogP contribution in [0, 0.1) is 0 Å². The summed E-state index contributed by atoms with van der Waals surface area (Å²) in [7, 11) is 0. The Balaban J connectivity index is 1.68. The Morgan fingerprint density at radius 1 is 1.27 bits per heavy atom. The molecule has 1 atom stereocenters. The molecule has 2 heterocycles. The van der Waals surface area contributed by atoms with Crippen LogP contribution in [-0.4, -0.2) is 17.6 Å². The lowest BCUT2D eigenvalue weighted by Gasteiger charge is -2.10. The van der Waals surface area contributed by atoms with E-state index in [9.17, 15) is 0 Å². The number of hydrogen-bond acceptors (Lipinski definition) is 3. The molecule has 1 aliphatic carbocycles. The van der Waals surface area contributed by atoms with Gasteiger partial charge in [-0.2, -0.15) is 0 Å². The van der Waals surface area contributed by atoms with Gasteiger partial charge in [0, 0.05) is 18.3 Å². The highest BCUT2D eigenvalue weighted by Gasteiger charge is 2.21. The Morgan fingerprint density at radius 2 is 2.20 bits per heavy atom. The van der Waals surface area contributed by atoms with Crippen molar-refractivity contribution < 1.29 is 0 Å². The minimum atomic E-state index is 0.535. The molecule has 3 rings (SSSR count). The fourth-order valence-corrected chi connectivity index (χ4v) is 2.10. The van der Waals surface area contributed by atoms with Crippen molar-refractivity contribution in [2.45, 2.75) is 37.8 Å². The highest BCUT2D eigenvalue weighted by Crippen LogP contribution is 2.26. The average molecular weight is 203 g/mol. The molecule has 0 spiro atoms. The van der Waals surface area contributed by atoms with Gasteiger partial charge in [-0.1, -0.05) is 6.07 Å². The van der Waals surface area contributed by atoms with E-state index in [1.807, 2.05) is 6.20 Å². The van der Waals surface area contributed by atoms with Crippen molar-refractivity contribution in [2.24, 2.45) is 0 Å². The van der Waals surface area contributed by atoms with E-state index in [1.165, 1.54) is 31.2 Å². The first-order chi connectivity index (χ1) is 7.42. The van der Waals surface area contributed by atoms with Crippen molar-refractivity contribution in [1.82, 2.24) is 10.3 Å². The molecule has 0 amide bonds. The van der Waals surface area contributed by atoms with E-state index in [0.717, 1.165) is 12.4 Å². The lowest BCUT2D eigenvalue weighted by molar-refractivity contribution is 0.645. The second-order valence-corrected chi connectivity index (χ2v) is 4.54. The zero-order valence-corrected chi connectivity index (χ0v) is 8.87. The van der Waals surface area contributed by atoms with Gasteiger partial charge in [-0.25, -0.2) is 4.98 Å². The molecular formula is C12H17N3. The summed E-state index contributed by atoms with van der Waals surface area (Å²) in [4.78, 5) is 4.45. The average Bonchev–Trinajstić information content (AvgIpc) is 2.92. The molecule has 1 saturated heterocycles. The monoisotopic (exact) mass is 203 g/mol. The van der Waals surface area contributed by atoms with E-state index in [1.54, 1.807) is 0 Å². The second-order valence-electron chi connectivity index (χ2n) is 4.54. The van der Waals surface area contributed by atoms with Gasteiger partial charge >= 0.3 is 0 Å². The summed E-state index contributed by atoms with van der Waals surface area (Å²) >= 11 is 0. The highest BCUT2D eigenvalue weighted by molar-refractivity contribution is 5.38. The van der Waals surface area contributed by atoms with Crippen molar-refractivity contribution in [2.75, 3.05) is 11.9 Å². The van der Waals surface area contributed by atoms with Crippen molar-refractivity contribution in [1.29, 1.82) is 0 Å². The molecule has 0 aromatic carbocycles. The maximum Gasteiger partial charge on any atom is 0.126 e. The molecule has 0 unspecified atom stereocenters. The van der Waals surface area contributed by atoms with E-state index < -0.39 is 0 Å². The van der Waals surface area contributed by atoms with Crippen LogP contribution in [0.4, 0.5) is 5.82 Å². The van der Waals surface area contributed by atoms with Gasteiger partial charge in [-0.15, -0.1) is 0 Å². The first kappa shape index (κ1) is 9.16. The second kappa shape index (κ2) is 3.81. The zero-order valence-electron chi connectivity index (χ0n) is 8.87. The molecule has 2 N–H and O–H groups in total. The third-order valence-corrected chi connectivity index (χ3v) is 3.18. The number of nitrogens with one attached hydrogen (secondary N) is 2. The summed E-state index contributed by atoms with van der Waals surface area (Å²) in [5, 5.41) is 6.89. The molecule has 2 aliphatic rings. The highest BCUT2D eigenvalue weighted by atomic mass is 15.0. The Kier molecular flexibility index (Phi) is 2.33. The molecule has 0 radical (unpaired) electrons. The number of hydrogen-bond donors (Lipinski definition) is 2. The normalized spacial score (nSPS) is 25.5. The molecule has 80 valence electrons. The molecule has 2 fully saturated rings. The molecule has 1 saturated carbocycles. The largest absolute Gasteiger partial charge is 0.367 e. The molecule has 3 heteroatoms. The van der Waals surface area contributed by atoms with Crippen molar-refractivity contribution in [3.05, 3.63) is 23.9 Å². The minimum absolute atomic E-state index is 0.535. The summed E-state index contributed by atoms with van der Waals surface area (Å²) in [6.07, 6.45) is 7.14. The number of aromatic nitrogens is 1. The van der Waals surface area contributed by atoms with Crippen LogP contribution in [0.3, 0.4) is 0 Å². The maximum atomic E-state index is 4.45. The van der Waals surface area contributed by atoms with Gasteiger partial charge in [-0.3, -0.25) is 0 Å². The molecule has 3 nitrogen and oxygen atoms in total. The van der Waals surface area contributed by atoms with Crippen LogP contribution in [-0.2, 0) is 0 Å². The summed E-state index contributed by atoms with van der Waals surface area (Å²) in [5.41, 5.74) is 1.33. The van der Waals surface area contributed by atoms with Crippen LogP contribution < -0.4 is 10.6 Å². The van der Waals surface area contributed by atoms with Crippen molar-refractivity contribution in [3.63, 3.8) is 0 Å². The summed E-state index contributed by atoms with van der Waals surface area (Å²) in [6, 6.07) is 5.52. The fraction of sp³-hybridized carbons (Fsp3) is 0.583. The standard InChI is InChI=1S/C12H17N3/c1-2-11(13-7-1)9-3-6-12(14-8-9)15-10-4-5-10/h3,6,8,10-11,13H,1-2,4-5,7H2,(H,14,15)/t11-/m0/s1. The smallest absolute Gasteiger partial charge is 0.126 e. The first-order valence-electron chi connectivity index (χ1n) is 5.88. The zero-order chi connectivity index (χ0) is 10.1. The Bertz CT molecular complexity index is 323. The SMILES string of the molecule is c1cc(NC2CC2)ncc1[C@@H]1CCCN1. The summed E-state index contributed by atoms with van der Waals surface area (Å²) in [5.74, 6) is 1.03. The Morgan fingerprint density at radius 3 is 2.80 bits per heavy atom. The molecule has 1 aromatic rings. The molecule has 15 heavy (non-hydrogen) atoms. The first-order valence-corrected chi connectivity index (χ1v) is 5.88. The third-order valence-electron chi connectivity index (χ3n) is 3.18. The van der Waals surface area contributed by atoms with E-state index in [4.69, 9.17) is 0 Å². The number of rotatable bonds is 3. The van der Waals surface area contributed by atoms with Crippen LogP contribution in [0.5, 0.6) is 0 Å². The van der Waals surface area contributed by atoms with E-state index >= 15 is 0 Å². The van der Waals surface area contributed by atoms with Crippen LogP contribution in [0.1, 0.15) is 37.3 Å². The molecule has 0 bridgehead atoms. The van der Waals surface area contributed by atoms with Gasteiger partial charge in [0.2, 0.25) is 0 Å². The van der Waals surface area contributed by atoms with Gasteiger partial charge in [0.15, 0.2) is 0 Å². The number of nitrogens with zero attached hydrogens (tertiary/aromatic N) is 1. The lowest BCUT2D eigenvalue weighted by atomic mass is 10.1. The van der Waals surface area contributed by atoms with Gasteiger partial charge in [0.25, 0.3) is 0 Å². The maximum absolute atomic E-state index is 4.45. The van der Waals surface area contributed by atoms with Gasteiger partial charge in [0.1, 0.15) is 5.82 Å². The van der Waals surface area contributed by atoms with Crippen molar-refractivity contribution in [3.8, 4) is 0 Å². The molecule has 1 aliphatic heterocycles. The fourth-order valence-electron chi connectivity index (χ4n) is 2.10. The van der Waals surface area contributed by atoms with Gasteiger partial charge in [0.05, 0.1) is 0 Å². The topological polar surface area (TPSA) is 37.0 Å². The van der Waals surface area contributed by atoms with E-state index in [0.29, 0.717) is 12.1 Å². The van der Waals surface area contributed by atoms with Crippen LogP contribution in [0.15, 0.2) is 18.3 Å². The van der Waals surface area contributed by atoms with Crippen molar-refractivity contribution >= 4 is 5.82 Å². The van der Waals surface area contributed by atoms with Crippen LogP contribution >= 0.6 is 0 Å². The summed E-state index contributed by atoms with van der Waals surface area (Å²) in [6.45, 7) is 1.15. The lowest BCUT2D eigenvalue weighted by Crippen LogP contribution is -2.13. The molecular weight excluding hydrogens is 186 g/mol. The Labute approximate surface area is 90.3 Å². The van der Waals surface area contributed by atoms with Crippen LogP contribution in [0.2, 0.25) is 0 Å². The number of anilines is 1. The Hall–Kier alpha value is -1.09. The van der Waals surface area contributed by atoms with E-state index in [2.05, 4.69) is 27.8 Å². The van der Waals surface area contributed by atoms with Crippen LogP contribution in [0.25, 0.3) is 0 Å². The van der Waals surface area contributed by atoms with Gasteiger partial charge in [-0.05, 0) is 43.9 Å². The quantitative estimate of drug-likeness (QED) is 0.789. The molecule has 1 aromatic heterocycles. The van der Waals surface area contributed by atoms with E-state index in [-0.39, 0.29) is 0 Å². The summed E-state index contributed by atoms with van der Waals surface area (Å²) < 4.78 is 0.